The first-order valence-corrected chi connectivity index (χ1v) is 9.76. The Bertz CT molecular complexity index is 906. The lowest BCUT2D eigenvalue weighted by Crippen LogP contribution is -2.53. The number of carbonyl (C=O) groups excluding carboxylic acids is 3. The Morgan fingerprint density at radius 2 is 1.83 bits per heavy atom. The second-order valence-corrected chi connectivity index (χ2v) is 7.15. The molecule has 1 heterocycles. The SMILES string of the molecule is NC(=O)[C@H](Cc1ccccc1F)NC(=O)[C@H]1CCCN1C(=O)OCc1ccccc1. The number of amides is 3. The number of nitrogens with zero attached hydrogens (tertiary/aromatic N) is 1. The van der Waals surface area contributed by atoms with Crippen molar-refractivity contribution in [1.82, 2.24) is 10.2 Å². The molecule has 0 unspecified atom stereocenters. The van der Waals surface area contributed by atoms with Crippen LogP contribution in [0.3, 0.4) is 0 Å². The van der Waals surface area contributed by atoms with Crippen molar-refractivity contribution in [3.8, 4) is 0 Å². The molecular weight excluding hydrogens is 389 g/mol. The number of rotatable bonds is 7. The molecule has 2 aromatic carbocycles. The lowest BCUT2D eigenvalue weighted by molar-refractivity contribution is -0.130. The molecule has 0 saturated carbocycles. The van der Waals surface area contributed by atoms with Gasteiger partial charge < -0.3 is 15.8 Å². The van der Waals surface area contributed by atoms with Gasteiger partial charge in [-0.15, -0.1) is 0 Å². The molecule has 1 aliphatic rings. The minimum absolute atomic E-state index is 0.0705. The molecular formula is C22H24FN3O4. The van der Waals surface area contributed by atoms with Crippen LogP contribution in [0.5, 0.6) is 0 Å². The van der Waals surface area contributed by atoms with Gasteiger partial charge in [0.05, 0.1) is 0 Å². The van der Waals surface area contributed by atoms with Crippen molar-refractivity contribution < 1.29 is 23.5 Å². The lowest BCUT2D eigenvalue weighted by Gasteiger charge is -2.25. The van der Waals surface area contributed by atoms with Crippen LogP contribution in [0.4, 0.5) is 9.18 Å². The lowest BCUT2D eigenvalue weighted by atomic mass is 10.0. The van der Waals surface area contributed by atoms with E-state index in [1.54, 1.807) is 6.07 Å². The smallest absolute Gasteiger partial charge is 0.410 e. The summed E-state index contributed by atoms with van der Waals surface area (Å²) in [7, 11) is 0. The van der Waals surface area contributed by atoms with Gasteiger partial charge in [-0.2, -0.15) is 0 Å². The van der Waals surface area contributed by atoms with Gasteiger partial charge in [-0.25, -0.2) is 9.18 Å². The van der Waals surface area contributed by atoms with E-state index in [4.69, 9.17) is 10.5 Å². The first-order valence-electron chi connectivity index (χ1n) is 9.76. The van der Waals surface area contributed by atoms with Crippen LogP contribution in [0.2, 0.25) is 0 Å². The molecule has 0 aliphatic carbocycles. The predicted octanol–water partition coefficient (Wildman–Crippen LogP) is 2.14. The highest BCUT2D eigenvalue weighted by Crippen LogP contribution is 2.20. The van der Waals surface area contributed by atoms with Crippen LogP contribution in [0.15, 0.2) is 54.6 Å². The van der Waals surface area contributed by atoms with E-state index in [2.05, 4.69) is 5.32 Å². The van der Waals surface area contributed by atoms with Crippen LogP contribution in [0, 0.1) is 5.82 Å². The molecule has 1 aliphatic heterocycles. The number of hydrogen-bond acceptors (Lipinski definition) is 4. The van der Waals surface area contributed by atoms with E-state index >= 15 is 0 Å². The number of carbonyl (C=O) groups is 3. The van der Waals surface area contributed by atoms with Gasteiger partial charge in [0.15, 0.2) is 0 Å². The molecule has 1 saturated heterocycles. The van der Waals surface area contributed by atoms with Gasteiger partial charge in [-0.1, -0.05) is 48.5 Å². The summed E-state index contributed by atoms with van der Waals surface area (Å²) in [6.45, 7) is 0.474. The van der Waals surface area contributed by atoms with E-state index < -0.39 is 35.8 Å². The molecule has 0 bridgehead atoms. The van der Waals surface area contributed by atoms with Gasteiger partial charge in [0, 0.05) is 13.0 Å². The largest absolute Gasteiger partial charge is 0.445 e. The second kappa shape index (κ2) is 9.87. The molecule has 8 heteroatoms. The Morgan fingerprint density at radius 1 is 1.13 bits per heavy atom. The number of halogens is 1. The molecule has 7 nitrogen and oxygen atoms in total. The molecule has 3 rings (SSSR count). The summed E-state index contributed by atoms with van der Waals surface area (Å²) in [5, 5.41) is 2.56. The Morgan fingerprint density at radius 3 is 2.53 bits per heavy atom. The number of likely N-dealkylation sites (tertiary alicyclic amines) is 1. The van der Waals surface area contributed by atoms with Crippen LogP contribution in [0.25, 0.3) is 0 Å². The fourth-order valence-electron chi connectivity index (χ4n) is 3.43. The number of primary amides is 1. The van der Waals surface area contributed by atoms with Crippen LogP contribution < -0.4 is 11.1 Å². The van der Waals surface area contributed by atoms with Gasteiger partial charge >= 0.3 is 6.09 Å². The first-order chi connectivity index (χ1) is 14.5. The topological polar surface area (TPSA) is 102 Å². The Hall–Kier alpha value is -3.42. The van der Waals surface area contributed by atoms with Crippen LogP contribution >= 0.6 is 0 Å². The number of benzene rings is 2. The van der Waals surface area contributed by atoms with Gasteiger partial charge in [0.1, 0.15) is 24.5 Å². The minimum atomic E-state index is -1.09. The van der Waals surface area contributed by atoms with Gasteiger partial charge in [-0.3, -0.25) is 14.5 Å². The summed E-state index contributed by atoms with van der Waals surface area (Å²) in [4.78, 5) is 38.4. The quantitative estimate of drug-likeness (QED) is 0.726. The van der Waals surface area contributed by atoms with Crippen molar-refractivity contribution in [3.05, 3.63) is 71.5 Å². The molecule has 3 N–H and O–H groups in total. The average molecular weight is 413 g/mol. The van der Waals surface area contributed by atoms with Crippen molar-refractivity contribution in [3.63, 3.8) is 0 Å². The average Bonchev–Trinajstić information content (AvgIpc) is 3.24. The zero-order chi connectivity index (χ0) is 21.5. The fraction of sp³-hybridized carbons (Fsp3) is 0.318. The molecule has 2 atom stereocenters. The number of nitrogens with two attached hydrogens (primary N) is 1. The zero-order valence-electron chi connectivity index (χ0n) is 16.4. The molecule has 3 amide bonds. The second-order valence-electron chi connectivity index (χ2n) is 7.15. The minimum Gasteiger partial charge on any atom is -0.445 e. The molecule has 0 spiro atoms. The van der Waals surface area contributed by atoms with Gasteiger partial charge in [-0.05, 0) is 30.0 Å². The maximum Gasteiger partial charge on any atom is 0.410 e. The van der Waals surface area contributed by atoms with Crippen LogP contribution in [0.1, 0.15) is 24.0 Å². The van der Waals surface area contributed by atoms with Crippen molar-refractivity contribution in [2.45, 2.75) is 38.0 Å². The molecule has 30 heavy (non-hydrogen) atoms. The van der Waals surface area contributed by atoms with Crippen LogP contribution in [-0.4, -0.2) is 41.4 Å². The highest BCUT2D eigenvalue weighted by Gasteiger charge is 2.36. The third-order valence-corrected chi connectivity index (χ3v) is 5.04. The Labute approximate surface area is 174 Å². The van der Waals surface area contributed by atoms with Gasteiger partial charge in [0.2, 0.25) is 11.8 Å². The zero-order valence-corrected chi connectivity index (χ0v) is 16.4. The maximum absolute atomic E-state index is 13.9. The summed E-state index contributed by atoms with van der Waals surface area (Å²) in [5.41, 5.74) is 6.52. The number of ether oxygens (including phenoxy) is 1. The summed E-state index contributed by atoms with van der Waals surface area (Å²) in [5.74, 6) is -1.77. The number of hydrogen-bond donors (Lipinski definition) is 2. The van der Waals surface area contributed by atoms with Crippen molar-refractivity contribution >= 4 is 17.9 Å². The predicted molar refractivity (Wildman–Crippen MR) is 108 cm³/mol. The van der Waals surface area contributed by atoms with Crippen molar-refractivity contribution in [2.24, 2.45) is 5.73 Å². The van der Waals surface area contributed by atoms with Crippen molar-refractivity contribution in [1.29, 1.82) is 0 Å². The normalized spacial score (nSPS) is 16.7. The van der Waals surface area contributed by atoms with E-state index in [9.17, 15) is 18.8 Å². The molecule has 0 aromatic heterocycles. The summed E-state index contributed by atoms with van der Waals surface area (Å²) >= 11 is 0. The first kappa shape index (κ1) is 21.3. The molecule has 0 radical (unpaired) electrons. The van der Waals surface area contributed by atoms with Gasteiger partial charge in [0.25, 0.3) is 0 Å². The van der Waals surface area contributed by atoms with E-state index in [1.165, 1.54) is 23.1 Å². The third kappa shape index (κ3) is 5.34. The van der Waals surface area contributed by atoms with E-state index in [0.29, 0.717) is 19.4 Å². The third-order valence-electron chi connectivity index (χ3n) is 5.04. The standard InChI is InChI=1S/C22H24FN3O4/c23-17-10-5-4-9-16(17)13-18(20(24)27)25-21(28)19-11-6-12-26(19)22(29)30-14-15-7-2-1-3-8-15/h1-5,7-10,18-19H,6,11-14H2,(H2,24,27)(H,25,28)/t18-,19+/m0/s1. The van der Waals surface area contributed by atoms with Crippen molar-refractivity contribution in [2.75, 3.05) is 6.54 Å². The molecule has 1 fully saturated rings. The Balaban J connectivity index is 1.61. The van der Waals surface area contributed by atoms with Crippen LogP contribution in [-0.2, 0) is 27.4 Å². The molecule has 158 valence electrons. The maximum atomic E-state index is 13.9. The fourth-order valence-corrected chi connectivity index (χ4v) is 3.43. The highest BCUT2D eigenvalue weighted by molar-refractivity contribution is 5.91. The Kier molecular flexibility index (Phi) is 7.00. The van der Waals surface area contributed by atoms with E-state index in [0.717, 1.165) is 5.56 Å². The summed E-state index contributed by atoms with van der Waals surface area (Å²) in [6.07, 6.45) is 0.407. The summed E-state index contributed by atoms with van der Waals surface area (Å²) in [6, 6.07) is 13.3. The monoisotopic (exact) mass is 413 g/mol. The summed E-state index contributed by atoms with van der Waals surface area (Å²) < 4.78 is 19.2. The van der Waals surface area contributed by atoms with E-state index in [-0.39, 0.29) is 18.6 Å². The highest BCUT2D eigenvalue weighted by atomic mass is 19.1. The molecule has 2 aromatic rings. The van der Waals surface area contributed by atoms with E-state index in [1.807, 2.05) is 30.3 Å². The number of nitrogens with one attached hydrogen (secondary N) is 1.